The molecular formula is C18H33N3O4. The van der Waals surface area contributed by atoms with Crippen molar-refractivity contribution in [1.82, 2.24) is 15.1 Å². The first-order chi connectivity index (χ1) is 12.0. The monoisotopic (exact) mass is 355 g/mol. The van der Waals surface area contributed by atoms with Gasteiger partial charge in [0, 0.05) is 26.2 Å². The Kier molecular flexibility index (Phi) is 8.48. The molecule has 1 unspecified atom stereocenters. The first-order valence-electron chi connectivity index (χ1n) is 9.59. The number of likely N-dealkylation sites (N-methyl/N-ethyl adjacent to an activating group) is 1. The number of hydrogen-bond acceptors (Lipinski definition) is 4. The van der Waals surface area contributed by atoms with E-state index in [1.54, 1.807) is 16.8 Å². The molecule has 0 aromatic rings. The molecule has 7 nitrogen and oxygen atoms in total. The molecule has 2 amide bonds. The van der Waals surface area contributed by atoms with E-state index >= 15 is 0 Å². The van der Waals surface area contributed by atoms with Gasteiger partial charge in [-0.05, 0) is 25.8 Å². The number of carboxylic acids is 1. The molecule has 1 saturated heterocycles. The molecule has 0 radical (unpaired) electrons. The summed E-state index contributed by atoms with van der Waals surface area (Å²) in [5, 5.41) is 11.9. The maximum atomic E-state index is 12.5. The number of aliphatic carboxylic acids is 1. The van der Waals surface area contributed by atoms with Gasteiger partial charge in [0.15, 0.2) is 0 Å². The lowest BCUT2D eigenvalue weighted by Crippen LogP contribution is -2.52. The van der Waals surface area contributed by atoms with Crippen molar-refractivity contribution in [2.45, 2.75) is 51.0 Å². The van der Waals surface area contributed by atoms with Crippen LogP contribution in [0, 0.1) is 5.92 Å². The zero-order chi connectivity index (χ0) is 18.1. The summed E-state index contributed by atoms with van der Waals surface area (Å²) >= 11 is 0. The molecule has 1 aliphatic heterocycles. The number of rotatable bonds is 6. The standard InChI is InChI=1S/C18H33N3O4/c1-20(14-17(22)23)12-16-13-21(9-10-25-16)18(24)19-11-15-7-5-3-2-4-6-8-15/h15-16H,2-14H2,1H3,(H,19,24)(H,22,23). The van der Waals surface area contributed by atoms with Crippen molar-refractivity contribution in [1.29, 1.82) is 0 Å². The van der Waals surface area contributed by atoms with Crippen LogP contribution in [0.15, 0.2) is 0 Å². The minimum absolute atomic E-state index is 0.0174. The predicted octanol–water partition coefficient (Wildman–Crippen LogP) is 1.77. The van der Waals surface area contributed by atoms with E-state index in [9.17, 15) is 9.59 Å². The summed E-state index contributed by atoms with van der Waals surface area (Å²) in [4.78, 5) is 26.7. The summed E-state index contributed by atoms with van der Waals surface area (Å²) in [6.45, 7) is 2.87. The number of ether oxygens (including phenoxy) is 1. The van der Waals surface area contributed by atoms with Crippen LogP contribution < -0.4 is 5.32 Å². The van der Waals surface area contributed by atoms with E-state index in [0.717, 1.165) is 6.54 Å². The number of carbonyl (C=O) groups is 2. The summed E-state index contributed by atoms with van der Waals surface area (Å²) < 4.78 is 5.68. The first kappa shape index (κ1) is 20.0. The van der Waals surface area contributed by atoms with Crippen LogP contribution in [0.4, 0.5) is 4.79 Å². The van der Waals surface area contributed by atoms with Crippen molar-refractivity contribution < 1.29 is 19.4 Å². The van der Waals surface area contributed by atoms with Gasteiger partial charge in [0.2, 0.25) is 0 Å². The van der Waals surface area contributed by atoms with E-state index in [1.807, 2.05) is 0 Å². The molecule has 1 saturated carbocycles. The van der Waals surface area contributed by atoms with E-state index in [2.05, 4.69) is 5.32 Å². The molecule has 25 heavy (non-hydrogen) atoms. The van der Waals surface area contributed by atoms with Crippen LogP contribution in [-0.4, -0.2) is 79.4 Å². The Balaban J connectivity index is 1.72. The summed E-state index contributed by atoms with van der Waals surface area (Å²) in [6, 6.07) is -0.0174. The molecule has 1 aliphatic carbocycles. The van der Waals surface area contributed by atoms with Crippen LogP contribution in [0.2, 0.25) is 0 Å². The minimum Gasteiger partial charge on any atom is -0.480 e. The number of amides is 2. The fourth-order valence-corrected chi connectivity index (χ4v) is 3.75. The number of carboxylic acid groups (broad SMARTS) is 1. The molecule has 0 aromatic carbocycles. The lowest BCUT2D eigenvalue weighted by Gasteiger charge is -2.35. The SMILES string of the molecule is CN(CC(=O)O)CC1CN(C(=O)NCC2CCCCCCC2)CCO1. The number of nitrogens with one attached hydrogen (secondary N) is 1. The number of carbonyl (C=O) groups excluding carboxylic acids is 1. The molecule has 0 aromatic heterocycles. The molecule has 0 bridgehead atoms. The zero-order valence-electron chi connectivity index (χ0n) is 15.4. The molecule has 7 heteroatoms. The second kappa shape index (κ2) is 10.6. The van der Waals surface area contributed by atoms with Gasteiger partial charge in [-0.15, -0.1) is 0 Å². The van der Waals surface area contributed by atoms with Gasteiger partial charge in [-0.2, -0.15) is 0 Å². The number of nitrogens with zero attached hydrogens (tertiary/aromatic N) is 2. The topological polar surface area (TPSA) is 82.1 Å². The Morgan fingerprint density at radius 2 is 1.88 bits per heavy atom. The Hall–Kier alpha value is -1.34. The maximum absolute atomic E-state index is 12.5. The van der Waals surface area contributed by atoms with Crippen molar-refractivity contribution in [3.05, 3.63) is 0 Å². The molecular weight excluding hydrogens is 322 g/mol. The number of morpholine rings is 1. The van der Waals surface area contributed by atoms with Crippen molar-refractivity contribution in [3.63, 3.8) is 0 Å². The second-order valence-corrected chi connectivity index (χ2v) is 7.43. The quantitative estimate of drug-likeness (QED) is 0.759. The Morgan fingerprint density at radius 3 is 2.56 bits per heavy atom. The lowest BCUT2D eigenvalue weighted by molar-refractivity contribution is -0.138. The average molecular weight is 355 g/mol. The van der Waals surface area contributed by atoms with Gasteiger partial charge < -0.3 is 20.1 Å². The fourth-order valence-electron chi connectivity index (χ4n) is 3.75. The first-order valence-corrected chi connectivity index (χ1v) is 9.59. The molecule has 1 heterocycles. The van der Waals surface area contributed by atoms with E-state index in [1.165, 1.54) is 44.9 Å². The molecule has 2 N–H and O–H groups in total. The zero-order valence-corrected chi connectivity index (χ0v) is 15.4. The maximum Gasteiger partial charge on any atom is 0.317 e. The Labute approximate surface area is 150 Å². The Bertz CT molecular complexity index is 425. The van der Waals surface area contributed by atoms with Gasteiger partial charge in [-0.3, -0.25) is 9.69 Å². The van der Waals surface area contributed by atoms with Crippen LogP contribution in [0.25, 0.3) is 0 Å². The molecule has 0 spiro atoms. The van der Waals surface area contributed by atoms with Crippen molar-refractivity contribution >= 4 is 12.0 Å². The highest BCUT2D eigenvalue weighted by atomic mass is 16.5. The van der Waals surface area contributed by atoms with Crippen LogP contribution in [-0.2, 0) is 9.53 Å². The van der Waals surface area contributed by atoms with E-state index in [4.69, 9.17) is 9.84 Å². The summed E-state index contributed by atoms with van der Waals surface area (Å²) in [6.07, 6.45) is 8.83. The predicted molar refractivity (Wildman–Crippen MR) is 95.7 cm³/mol. The third-order valence-electron chi connectivity index (χ3n) is 5.11. The van der Waals surface area contributed by atoms with Gasteiger partial charge in [0.05, 0.1) is 19.3 Å². The highest BCUT2D eigenvalue weighted by Crippen LogP contribution is 2.21. The molecule has 144 valence electrons. The van der Waals surface area contributed by atoms with Gasteiger partial charge in [-0.1, -0.05) is 32.1 Å². The molecule has 2 fully saturated rings. The van der Waals surface area contributed by atoms with E-state index in [0.29, 0.717) is 32.2 Å². The summed E-state index contributed by atoms with van der Waals surface area (Å²) in [5.41, 5.74) is 0. The molecule has 2 aliphatic rings. The summed E-state index contributed by atoms with van der Waals surface area (Å²) in [5.74, 6) is -0.255. The van der Waals surface area contributed by atoms with Crippen molar-refractivity contribution in [2.24, 2.45) is 5.92 Å². The van der Waals surface area contributed by atoms with Gasteiger partial charge in [0.1, 0.15) is 0 Å². The van der Waals surface area contributed by atoms with Crippen LogP contribution in [0.5, 0.6) is 0 Å². The number of hydrogen-bond donors (Lipinski definition) is 2. The van der Waals surface area contributed by atoms with E-state index in [-0.39, 0.29) is 18.7 Å². The smallest absolute Gasteiger partial charge is 0.317 e. The fraction of sp³-hybridized carbons (Fsp3) is 0.889. The largest absolute Gasteiger partial charge is 0.480 e. The normalized spacial score (nSPS) is 23.1. The van der Waals surface area contributed by atoms with Crippen molar-refractivity contribution in [3.8, 4) is 0 Å². The van der Waals surface area contributed by atoms with Crippen molar-refractivity contribution in [2.75, 3.05) is 46.4 Å². The van der Waals surface area contributed by atoms with Crippen LogP contribution in [0.1, 0.15) is 44.9 Å². The highest BCUT2D eigenvalue weighted by molar-refractivity contribution is 5.74. The number of urea groups is 1. The van der Waals surface area contributed by atoms with Gasteiger partial charge >= 0.3 is 12.0 Å². The highest BCUT2D eigenvalue weighted by Gasteiger charge is 2.26. The lowest BCUT2D eigenvalue weighted by atomic mass is 9.91. The minimum atomic E-state index is -0.855. The second-order valence-electron chi connectivity index (χ2n) is 7.43. The molecule has 2 rings (SSSR count). The molecule has 1 atom stereocenters. The third-order valence-corrected chi connectivity index (χ3v) is 5.11. The summed E-state index contributed by atoms with van der Waals surface area (Å²) in [7, 11) is 1.76. The third kappa shape index (κ3) is 7.61. The van der Waals surface area contributed by atoms with Gasteiger partial charge in [-0.25, -0.2) is 4.79 Å². The van der Waals surface area contributed by atoms with E-state index < -0.39 is 5.97 Å². The average Bonchev–Trinajstić information content (AvgIpc) is 2.53. The van der Waals surface area contributed by atoms with Gasteiger partial charge in [0.25, 0.3) is 0 Å². The Morgan fingerprint density at radius 1 is 1.20 bits per heavy atom. The van der Waals surface area contributed by atoms with Crippen LogP contribution in [0.3, 0.4) is 0 Å². The van der Waals surface area contributed by atoms with Crippen LogP contribution >= 0.6 is 0 Å².